The lowest BCUT2D eigenvalue weighted by Crippen LogP contribution is -2.57. The summed E-state index contributed by atoms with van der Waals surface area (Å²) in [4.78, 5) is 48.8. The molecule has 218 valence electrons. The van der Waals surface area contributed by atoms with Gasteiger partial charge in [0.15, 0.2) is 11.5 Å². The fourth-order valence-electron chi connectivity index (χ4n) is 6.12. The number of nitrogens with zero attached hydrogens (tertiary/aromatic N) is 2. The second-order valence-corrected chi connectivity index (χ2v) is 10.6. The highest BCUT2D eigenvalue weighted by Crippen LogP contribution is 2.45. The van der Waals surface area contributed by atoms with Crippen LogP contribution in [0.4, 0.5) is 0 Å². The first-order valence-electron chi connectivity index (χ1n) is 14.0. The molecular formula is C29H41N5O6. The standard InChI is InChI=1S/C29H41N5O6/c1-38-23-13-19(14-24(39-2)26(23)40-3)25(18-9-5-4-6-10-18)29(37)34-12-8-7-11-22(34)28(36)33-21(27(30)35)15-20-16-31-17-32-20/h13-14,16-18,21-22,25H,4-12,15H2,1-3H3,(H2,30,35)(H,31,32)(H,33,36). The minimum atomic E-state index is -0.920. The monoisotopic (exact) mass is 555 g/mol. The molecule has 0 radical (unpaired) electrons. The molecule has 2 fully saturated rings. The zero-order valence-corrected chi connectivity index (χ0v) is 23.6. The van der Waals surface area contributed by atoms with Crippen molar-refractivity contribution in [1.29, 1.82) is 0 Å². The molecule has 4 N–H and O–H groups in total. The van der Waals surface area contributed by atoms with Gasteiger partial charge in [-0.15, -0.1) is 0 Å². The highest BCUT2D eigenvalue weighted by atomic mass is 16.5. The third-order valence-electron chi connectivity index (χ3n) is 8.16. The minimum absolute atomic E-state index is 0.0924. The number of ether oxygens (including phenoxy) is 3. The van der Waals surface area contributed by atoms with E-state index in [1.165, 1.54) is 6.33 Å². The molecule has 1 aromatic carbocycles. The van der Waals surface area contributed by atoms with Gasteiger partial charge in [0.1, 0.15) is 12.1 Å². The van der Waals surface area contributed by atoms with E-state index in [0.29, 0.717) is 35.9 Å². The summed E-state index contributed by atoms with van der Waals surface area (Å²) in [5.41, 5.74) is 7.09. The molecule has 4 rings (SSSR count). The van der Waals surface area contributed by atoms with Gasteiger partial charge in [0.05, 0.1) is 33.6 Å². The zero-order chi connectivity index (χ0) is 28.6. The number of hydrogen-bond donors (Lipinski definition) is 3. The van der Waals surface area contributed by atoms with Crippen molar-refractivity contribution in [1.82, 2.24) is 20.2 Å². The molecule has 2 heterocycles. The molecule has 1 saturated heterocycles. The number of nitrogens with one attached hydrogen (secondary N) is 2. The first kappa shape index (κ1) is 29.2. The summed E-state index contributed by atoms with van der Waals surface area (Å²) in [6, 6.07) is 2.09. The van der Waals surface area contributed by atoms with Crippen molar-refractivity contribution >= 4 is 17.7 Å². The summed E-state index contributed by atoms with van der Waals surface area (Å²) in [6.45, 7) is 0.465. The number of primary amides is 1. The Balaban J connectivity index is 1.64. The molecule has 3 unspecified atom stereocenters. The second kappa shape index (κ2) is 13.5. The minimum Gasteiger partial charge on any atom is -0.493 e. The third kappa shape index (κ3) is 6.51. The Morgan fingerprint density at radius 2 is 1.70 bits per heavy atom. The van der Waals surface area contributed by atoms with Gasteiger partial charge in [0, 0.05) is 24.9 Å². The molecule has 11 heteroatoms. The van der Waals surface area contributed by atoms with Crippen molar-refractivity contribution < 1.29 is 28.6 Å². The SMILES string of the molecule is COc1cc(C(C(=O)N2CCCCC2C(=O)NC(Cc2cnc[nH]2)C(N)=O)C2CCCCC2)cc(OC)c1OC. The fraction of sp³-hybridized carbons (Fsp3) is 0.586. The Kier molecular flexibility index (Phi) is 9.89. The van der Waals surface area contributed by atoms with Gasteiger partial charge < -0.3 is 35.1 Å². The maximum absolute atomic E-state index is 14.5. The molecule has 2 aromatic rings. The maximum Gasteiger partial charge on any atom is 0.243 e. The van der Waals surface area contributed by atoms with Gasteiger partial charge in [-0.25, -0.2) is 4.98 Å². The molecule has 11 nitrogen and oxygen atoms in total. The maximum atomic E-state index is 14.5. The van der Waals surface area contributed by atoms with Crippen LogP contribution in [0.3, 0.4) is 0 Å². The number of nitrogens with two attached hydrogens (primary N) is 1. The second-order valence-electron chi connectivity index (χ2n) is 10.6. The van der Waals surface area contributed by atoms with Gasteiger partial charge in [-0.1, -0.05) is 19.3 Å². The molecule has 0 spiro atoms. The van der Waals surface area contributed by atoms with Crippen LogP contribution in [0.25, 0.3) is 0 Å². The molecule has 1 aliphatic carbocycles. The molecule has 40 heavy (non-hydrogen) atoms. The lowest BCUT2D eigenvalue weighted by Gasteiger charge is -2.40. The summed E-state index contributed by atoms with van der Waals surface area (Å²) in [6.07, 6.45) is 10.5. The molecule has 0 bridgehead atoms. The number of aromatic amines is 1. The summed E-state index contributed by atoms with van der Waals surface area (Å²) >= 11 is 0. The number of hydrogen-bond acceptors (Lipinski definition) is 7. The van der Waals surface area contributed by atoms with E-state index in [-0.39, 0.29) is 24.2 Å². The molecule has 1 aromatic heterocycles. The first-order valence-corrected chi connectivity index (χ1v) is 14.0. The number of likely N-dealkylation sites (tertiary alicyclic amines) is 1. The topological polar surface area (TPSA) is 149 Å². The van der Waals surface area contributed by atoms with E-state index in [1.807, 2.05) is 12.1 Å². The van der Waals surface area contributed by atoms with Crippen LogP contribution in [0.5, 0.6) is 17.2 Å². The number of benzene rings is 1. The number of carbonyl (C=O) groups excluding carboxylic acids is 3. The number of aromatic nitrogens is 2. The molecule has 3 amide bonds. The summed E-state index contributed by atoms with van der Waals surface area (Å²) in [5, 5.41) is 2.81. The number of carbonyl (C=O) groups is 3. The average molecular weight is 556 g/mol. The van der Waals surface area contributed by atoms with E-state index in [0.717, 1.165) is 50.5 Å². The largest absolute Gasteiger partial charge is 0.493 e. The normalized spacial score (nSPS) is 19.4. The Hall–Kier alpha value is -3.76. The van der Waals surface area contributed by atoms with Crippen LogP contribution >= 0.6 is 0 Å². The lowest BCUT2D eigenvalue weighted by atomic mass is 9.75. The van der Waals surface area contributed by atoms with Crippen LogP contribution in [0, 0.1) is 5.92 Å². The van der Waals surface area contributed by atoms with Crippen LogP contribution < -0.4 is 25.3 Å². The van der Waals surface area contributed by atoms with E-state index < -0.39 is 23.9 Å². The highest BCUT2D eigenvalue weighted by molar-refractivity contribution is 5.93. The number of piperidine rings is 1. The third-order valence-corrected chi connectivity index (χ3v) is 8.16. The number of H-pyrrole nitrogens is 1. The van der Waals surface area contributed by atoms with Crippen molar-refractivity contribution in [3.05, 3.63) is 35.9 Å². The van der Waals surface area contributed by atoms with Crippen molar-refractivity contribution in [3.8, 4) is 17.2 Å². The van der Waals surface area contributed by atoms with Crippen molar-refractivity contribution in [3.63, 3.8) is 0 Å². The summed E-state index contributed by atoms with van der Waals surface area (Å²) in [5.74, 6) is -0.0210. The van der Waals surface area contributed by atoms with E-state index in [4.69, 9.17) is 19.9 Å². The van der Waals surface area contributed by atoms with Gasteiger partial charge in [0.2, 0.25) is 23.5 Å². The van der Waals surface area contributed by atoms with Crippen LogP contribution in [0.15, 0.2) is 24.7 Å². The number of methoxy groups -OCH3 is 3. The number of rotatable bonds is 11. The summed E-state index contributed by atoms with van der Waals surface area (Å²) in [7, 11) is 4.66. The number of imidazole rings is 1. The van der Waals surface area contributed by atoms with E-state index in [1.54, 1.807) is 32.4 Å². The average Bonchev–Trinajstić information content (AvgIpc) is 3.50. The predicted molar refractivity (Wildman–Crippen MR) is 148 cm³/mol. The zero-order valence-electron chi connectivity index (χ0n) is 23.6. The quantitative estimate of drug-likeness (QED) is 0.386. The predicted octanol–water partition coefficient (Wildman–Crippen LogP) is 2.69. The van der Waals surface area contributed by atoms with Crippen LogP contribution in [-0.2, 0) is 20.8 Å². The van der Waals surface area contributed by atoms with Crippen molar-refractivity contribution in [2.45, 2.75) is 75.8 Å². The van der Waals surface area contributed by atoms with Gasteiger partial charge >= 0.3 is 0 Å². The van der Waals surface area contributed by atoms with E-state index >= 15 is 0 Å². The van der Waals surface area contributed by atoms with Crippen LogP contribution in [0.2, 0.25) is 0 Å². The Morgan fingerprint density at radius 1 is 1.02 bits per heavy atom. The molecule has 1 aliphatic heterocycles. The molecule has 3 atom stereocenters. The van der Waals surface area contributed by atoms with Gasteiger partial charge in [-0.3, -0.25) is 14.4 Å². The molecular weight excluding hydrogens is 514 g/mol. The Bertz CT molecular complexity index is 1140. The van der Waals surface area contributed by atoms with Crippen molar-refractivity contribution in [2.24, 2.45) is 11.7 Å². The van der Waals surface area contributed by atoms with Crippen LogP contribution in [-0.4, -0.2) is 72.5 Å². The van der Waals surface area contributed by atoms with Gasteiger partial charge in [0.25, 0.3) is 0 Å². The highest BCUT2D eigenvalue weighted by Gasteiger charge is 2.41. The van der Waals surface area contributed by atoms with Crippen LogP contribution in [0.1, 0.15) is 68.5 Å². The van der Waals surface area contributed by atoms with Crippen molar-refractivity contribution in [2.75, 3.05) is 27.9 Å². The van der Waals surface area contributed by atoms with E-state index in [2.05, 4.69) is 15.3 Å². The lowest BCUT2D eigenvalue weighted by molar-refractivity contribution is -0.145. The fourth-order valence-corrected chi connectivity index (χ4v) is 6.12. The number of amides is 3. The first-order chi connectivity index (χ1) is 19.4. The summed E-state index contributed by atoms with van der Waals surface area (Å²) < 4.78 is 16.7. The Morgan fingerprint density at radius 3 is 2.27 bits per heavy atom. The smallest absolute Gasteiger partial charge is 0.243 e. The molecule has 2 aliphatic rings. The van der Waals surface area contributed by atoms with E-state index in [9.17, 15) is 14.4 Å². The molecule has 1 saturated carbocycles. The Labute approximate surface area is 235 Å². The van der Waals surface area contributed by atoms with Gasteiger partial charge in [-0.2, -0.15) is 0 Å². The van der Waals surface area contributed by atoms with Gasteiger partial charge in [-0.05, 0) is 55.7 Å².